The van der Waals surface area contributed by atoms with Gasteiger partial charge in [-0.1, -0.05) is 12.1 Å². The number of hydrogen-bond donors (Lipinski definition) is 1. The Morgan fingerprint density at radius 3 is 2.91 bits per heavy atom. The normalized spacial score (nSPS) is 13.3. The molecule has 1 aromatic heterocycles. The van der Waals surface area contributed by atoms with Gasteiger partial charge >= 0.3 is 0 Å². The fourth-order valence-electron chi connectivity index (χ4n) is 2.18. The summed E-state index contributed by atoms with van der Waals surface area (Å²) in [4.78, 5) is 12.8. The number of thiophene rings is 1. The van der Waals surface area contributed by atoms with Crippen molar-refractivity contribution in [3.63, 3.8) is 0 Å². The smallest absolute Gasteiger partial charge is 0.244 e. The highest BCUT2D eigenvalue weighted by atomic mass is 32.1. The van der Waals surface area contributed by atoms with Gasteiger partial charge in [-0.2, -0.15) is 0 Å². The minimum absolute atomic E-state index is 0.0778. The summed E-state index contributed by atoms with van der Waals surface area (Å²) in [6, 6.07) is 9.83. The summed E-state index contributed by atoms with van der Waals surface area (Å²) in [5.74, 6) is 1.50. The van der Waals surface area contributed by atoms with Crippen molar-refractivity contribution in [3.8, 4) is 11.5 Å². The second-order valence-electron chi connectivity index (χ2n) is 4.87. The van der Waals surface area contributed by atoms with Crippen molar-refractivity contribution in [1.29, 1.82) is 0 Å². The van der Waals surface area contributed by atoms with E-state index >= 15 is 0 Å². The number of fused-ring (bicyclic) bond motifs is 1. The molecule has 3 rings (SSSR count). The number of nitrogens with one attached hydrogen (secondary N) is 1. The molecular weight excluding hydrogens is 298 g/mol. The average Bonchev–Trinajstić information content (AvgIpc) is 3.06. The Kier molecular flexibility index (Phi) is 4.75. The first-order valence-electron chi connectivity index (χ1n) is 7.19. The third-order valence-electron chi connectivity index (χ3n) is 3.26. The molecule has 0 fully saturated rings. The maximum absolute atomic E-state index is 11.7. The van der Waals surface area contributed by atoms with E-state index in [9.17, 15) is 4.79 Å². The van der Waals surface area contributed by atoms with Crippen LogP contribution in [0.25, 0.3) is 6.08 Å². The molecule has 1 aliphatic heterocycles. The zero-order chi connectivity index (χ0) is 15.2. The Morgan fingerprint density at radius 1 is 1.23 bits per heavy atom. The van der Waals surface area contributed by atoms with Gasteiger partial charge in [0.05, 0.1) is 0 Å². The Hall–Kier alpha value is -2.27. The van der Waals surface area contributed by atoms with E-state index in [1.165, 1.54) is 0 Å². The molecule has 0 radical (unpaired) electrons. The summed E-state index contributed by atoms with van der Waals surface area (Å²) in [6.07, 6.45) is 4.15. The third kappa shape index (κ3) is 3.89. The van der Waals surface area contributed by atoms with E-state index in [-0.39, 0.29) is 5.91 Å². The minimum Gasteiger partial charge on any atom is -0.486 e. The lowest BCUT2D eigenvalue weighted by atomic mass is 10.1. The molecule has 4 nitrogen and oxygen atoms in total. The number of benzene rings is 1. The summed E-state index contributed by atoms with van der Waals surface area (Å²) in [5.41, 5.74) is 1.12. The fraction of sp³-hybridized carbons (Fsp3) is 0.235. The zero-order valence-electron chi connectivity index (χ0n) is 12.1. The van der Waals surface area contributed by atoms with Crippen LogP contribution in [-0.2, 0) is 11.2 Å². The van der Waals surface area contributed by atoms with Crippen LogP contribution in [0.3, 0.4) is 0 Å². The third-order valence-corrected chi connectivity index (χ3v) is 4.10. The molecular formula is C17H17NO3S. The summed E-state index contributed by atoms with van der Waals surface area (Å²) >= 11 is 1.61. The summed E-state index contributed by atoms with van der Waals surface area (Å²) in [6.45, 7) is 1.77. The van der Waals surface area contributed by atoms with Crippen molar-refractivity contribution in [2.24, 2.45) is 0 Å². The second kappa shape index (κ2) is 7.13. The van der Waals surface area contributed by atoms with Gasteiger partial charge in [0.15, 0.2) is 11.5 Å². The molecule has 0 aliphatic carbocycles. The molecule has 0 bridgehead atoms. The molecule has 0 unspecified atom stereocenters. The Balaban J connectivity index is 1.47. The summed E-state index contributed by atoms with van der Waals surface area (Å²) in [5, 5.41) is 4.87. The molecule has 1 N–H and O–H groups in total. The highest BCUT2D eigenvalue weighted by Crippen LogP contribution is 2.30. The van der Waals surface area contributed by atoms with Crippen molar-refractivity contribution >= 4 is 23.3 Å². The SMILES string of the molecule is O=C(C=Cc1cccs1)NCCc1ccc2c(c1)OCCO2. The topological polar surface area (TPSA) is 47.6 Å². The lowest BCUT2D eigenvalue weighted by Gasteiger charge is -2.18. The van der Waals surface area contributed by atoms with Gasteiger partial charge in [0, 0.05) is 17.5 Å². The lowest BCUT2D eigenvalue weighted by Crippen LogP contribution is -2.23. The highest BCUT2D eigenvalue weighted by molar-refractivity contribution is 7.10. The second-order valence-corrected chi connectivity index (χ2v) is 5.85. The number of carbonyl (C=O) groups excluding carboxylic acids is 1. The van der Waals surface area contributed by atoms with E-state index in [0.29, 0.717) is 19.8 Å². The van der Waals surface area contributed by atoms with E-state index in [0.717, 1.165) is 28.4 Å². The van der Waals surface area contributed by atoms with Crippen molar-refractivity contribution in [1.82, 2.24) is 5.32 Å². The van der Waals surface area contributed by atoms with Crippen molar-refractivity contribution < 1.29 is 14.3 Å². The fourth-order valence-corrected chi connectivity index (χ4v) is 2.79. The standard InChI is InChI=1S/C17H17NO3S/c19-17(6-4-14-2-1-11-22-14)18-8-7-13-3-5-15-16(12-13)21-10-9-20-15/h1-6,11-12H,7-10H2,(H,18,19). The van der Waals surface area contributed by atoms with Crippen LogP contribution in [0.1, 0.15) is 10.4 Å². The molecule has 0 spiro atoms. The molecule has 22 heavy (non-hydrogen) atoms. The first-order chi connectivity index (χ1) is 10.8. The van der Waals surface area contributed by atoms with Gasteiger partial charge in [0.1, 0.15) is 13.2 Å². The summed E-state index contributed by atoms with van der Waals surface area (Å²) < 4.78 is 11.0. The molecule has 1 aliphatic rings. The quantitative estimate of drug-likeness (QED) is 0.863. The van der Waals surface area contributed by atoms with Gasteiger partial charge in [0.2, 0.25) is 5.91 Å². The predicted octanol–water partition coefficient (Wildman–Crippen LogP) is 2.89. The molecule has 1 aromatic carbocycles. The first kappa shape index (κ1) is 14.7. The average molecular weight is 315 g/mol. The first-order valence-corrected chi connectivity index (χ1v) is 8.07. The molecule has 2 heterocycles. The van der Waals surface area contributed by atoms with Gasteiger partial charge in [-0.25, -0.2) is 0 Å². The van der Waals surface area contributed by atoms with Gasteiger partial charge in [0.25, 0.3) is 0 Å². The van der Waals surface area contributed by atoms with Crippen LogP contribution in [0.15, 0.2) is 41.8 Å². The van der Waals surface area contributed by atoms with Gasteiger partial charge < -0.3 is 14.8 Å². The Morgan fingerprint density at radius 2 is 2.09 bits per heavy atom. The molecule has 0 saturated carbocycles. The maximum Gasteiger partial charge on any atom is 0.244 e. The van der Waals surface area contributed by atoms with Crippen LogP contribution in [0.4, 0.5) is 0 Å². The molecule has 5 heteroatoms. The van der Waals surface area contributed by atoms with E-state index < -0.39 is 0 Å². The number of rotatable bonds is 5. The van der Waals surface area contributed by atoms with Crippen LogP contribution in [0.2, 0.25) is 0 Å². The van der Waals surface area contributed by atoms with Gasteiger partial charge in [-0.05, 0) is 41.6 Å². The number of amides is 1. The van der Waals surface area contributed by atoms with Crippen molar-refractivity contribution in [2.75, 3.05) is 19.8 Å². The number of hydrogen-bond acceptors (Lipinski definition) is 4. The maximum atomic E-state index is 11.7. The molecule has 0 atom stereocenters. The van der Waals surface area contributed by atoms with E-state index in [1.807, 2.05) is 41.8 Å². The van der Waals surface area contributed by atoms with Crippen LogP contribution >= 0.6 is 11.3 Å². The molecule has 0 saturated heterocycles. The minimum atomic E-state index is -0.0778. The monoisotopic (exact) mass is 315 g/mol. The van der Waals surface area contributed by atoms with Gasteiger partial charge in [-0.15, -0.1) is 11.3 Å². The van der Waals surface area contributed by atoms with Crippen molar-refractivity contribution in [3.05, 3.63) is 52.2 Å². The highest BCUT2D eigenvalue weighted by Gasteiger charge is 2.11. The van der Waals surface area contributed by atoms with E-state index in [1.54, 1.807) is 17.4 Å². The number of carbonyl (C=O) groups is 1. The molecule has 114 valence electrons. The molecule has 2 aromatic rings. The number of ether oxygens (including phenoxy) is 2. The lowest BCUT2D eigenvalue weighted by molar-refractivity contribution is -0.116. The van der Waals surface area contributed by atoms with Crippen LogP contribution < -0.4 is 14.8 Å². The van der Waals surface area contributed by atoms with Crippen LogP contribution in [0, 0.1) is 0 Å². The largest absolute Gasteiger partial charge is 0.486 e. The van der Waals surface area contributed by atoms with E-state index in [2.05, 4.69) is 5.32 Å². The van der Waals surface area contributed by atoms with Crippen LogP contribution in [-0.4, -0.2) is 25.7 Å². The summed E-state index contributed by atoms with van der Waals surface area (Å²) in [7, 11) is 0. The zero-order valence-corrected chi connectivity index (χ0v) is 12.9. The van der Waals surface area contributed by atoms with Crippen LogP contribution in [0.5, 0.6) is 11.5 Å². The predicted molar refractivity (Wildman–Crippen MR) is 87.5 cm³/mol. The van der Waals surface area contributed by atoms with Gasteiger partial charge in [-0.3, -0.25) is 4.79 Å². The molecule has 1 amide bonds. The van der Waals surface area contributed by atoms with Crippen molar-refractivity contribution in [2.45, 2.75) is 6.42 Å². The Bertz CT molecular complexity index is 665. The van der Waals surface area contributed by atoms with E-state index in [4.69, 9.17) is 9.47 Å². The Labute approximate surface area is 133 Å².